The number of carbonyl (C=O) groups excluding carboxylic acids is 2. The van der Waals surface area contributed by atoms with Gasteiger partial charge in [-0.1, -0.05) is 0 Å². The van der Waals surface area contributed by atoms with Crippen LogP contribution in [0, 0.1) is 5.82 Å². The molecule has 156 valence electrons. The Bertz CT molecular complexity index is 754. The first kappa shape index (κ1) is 22.4. The summed E-state index contributed by atoms with van der Waals surface area (Å²) in [6.07, 6.45) is -4.62. The molecular weight excluding hydrogens is 448 g/mol. The maximum Gasteiger partial charge on any atom is 0.419 e. The molecule has 0 saturated carbocycles. The summed E-state index contributed by atoms with van der Waals surface area (Å²) >= 11 is 2.93. The predicted octanol–water partition coefficient (Wildman–Crippen LogP) is 4.74. The van der Waals surface area contributed by atoms with Gasteiger partial charge in [0.2, 0.25) is 0 Å². The molecule has 1 aromatic carbocycles. The minimum absolute atomic E-state index is 0.0679. The largest absolute Gasteiger partial charge is 0.444 e. The van der Waals surface area contributed by atoms with Crippen LogP contribution in [0.15, 0.2) is 16.6 Å². The second kappa shape index (κ2) is 8.26. The first-order valence-electron chi connectivity index (χ1n) is 8.63. The molecule has 0 atom stereocenters. The highest BCUT2D eigenvalue weighted by atomic mass is 79.9. The van der Waals surface area contributed by atoms with Gasteiger partial charge < -0.3 is 15.0 Å². The van der Waals surface area contributed by atoms with E-state index in [2.05, 4.69) is 21.2 Å². The van der Waals surface area contributed by atoms with Crippen molar-refractivity contribution in [1.82, 2.24) is 10.2 Å². The van der Waals surface area contributed by atoms with Crippen LogP contribution in [0.2, 0.25) is 0 Å². The fourth-order valence-corrected chi connectivity index (χ4v) is 3.26. The lowest BCUT2D eigenvalue weighted by molar-refractivity contribution is -0.140. The van der Waals surface area contributed by atoms with Crippen LogP contribution in [0.5, 0.6) is 0 Å². The number of piperidine rings is 1. The number of rotatable bonds is 2. The third-order valence-corrected chi connectivity index (χ3v) is 4.77. The monoisotopic (exact) mass is 468 g/mol. The van der Waals surface area contributed by atoms with Crippen molar-refractivity contribution >= 4 is 27.9 Å². The van der Waals surface area contributed by atoms with E-state index in [0.29, 0.717) is 32.0 Å². The zero-order chi connectivity index (χ0) is 21.3. The second-order valence-electron chi connectivity index (χ2n) is 7.50. The third-order valence-electron chi connectivity index (χ3n) is 4.11. The van der Waals surface area contributed by atoms with E-state index in [9.17, 15) is 27.2 Å². The van der Waals surface area contributed by atoms with E-state index in [1.807, 2.05) is 0 Å². The molecule has 2 amide bonds. The Kier molecular flexibility index (Phi) is 6.62. The van der Waals surface area contributed by atoms with Crippen molar-refractivity contribution in [1.29, 1.82) is 0 Å². The van der Waals surface area contributed by atoms with Gasteiger partial charge in [0.1, 0.15) is 11.4 Å². The predicted molar refractivity (Wildman–Crippen MR) is 97.4 cm³/mol. The lowest BCUT2D eigenvalue weighted by atomic mass is 10.0. The second-order valence-corrected chi connectivity index (χ2v) is 8.35. The van der Waals surface area contributed by atoms with E-state index in [-0.39, 0.29) is 4.47 Å². The topological polar surface area (TPSA) is 58.6 Å². The average Bonchev–Trinajstić information content (AvgIpc) is 2.52. The Balaban J connectivity index is 2.03. The number of benzene rings is 1. The molecule has 10 heteroatoms. The lowest BCUT2D eigenvalue weighted by Crippen LogP contribution is -2.48. The molecule has 0 unspecified atom stereocenters. The number of nitrogens with one attached hydrogen (secondary N) is 1. The number of likely N-dealkylation sites (tertiary alicyclic amines) is 1. The van der Waals surface area contributed by atoms with Gasteiger partial charge in [-0.2, -0.15) is 13.2 Å². The number of hydrogen-bond acceptors (Lipinski definition) is 3. The first-order chi connectivity index (χ1) is 12.8. The average molecular weight is 469 g/mol. The molecule has 0 radical (unpaired) electrons. The summed E-state index contributed by atoms with van der Waals surface area (Å²) in [6.45, 7) is 5.87. The summed E-state index contributed by atoms with van der Waals surface area (Å²) < 4.78 is 58.1. The third kappa shape index (κ3) is 5.59. The van der Waals surface area contributed by atoms with Crippen LogP contribution in [-0.2, 0) is 10.9 Å². The van der Waals surface area contributed by atoms with Crippen LogP contribution in [-0.4, -0.2) is 41.6 Å². The van der Waals surface area contributed by atoms with E-state index in [4.69, 9.17) is 4.74 Å². The van der Waals surface area contributed by atoms with Gasteiger partial charge in [-0.3, -0.25) is 4.79 Å². The maximum atomic E-state index is 14.3. The van der Waals surface area contributed by atoms with Gasteiger partial charge in [-0.05, 0) is 61.7 Å². The van der Waals surface area contributed by atoms with Gasteiger partial charge in [0.25, 0.3) is 5.91 Å². The molecule has 5 nitrogen and oxygen atoms in total. The summed E-state index contributed by atoms with van der Waals surface area (Å²) in [5, 5.41) is 2.55. The van der Waals surface area contributed by atoms with Gasteiger partial charge in [-0.25, -0.2) is 9.18 Å². The highest BCUT2D eigenvalue weighted by molar-refractivity contribution is 9.10. The molecule has 0 spiro atoms. The van der Waals surface area contributed by atoms with Crippen molar-refractivity contribution in [3.8, 4) is 0 Å². The standard InChI is InChI=1S/C18H21BrF4N2O3/c1-17(2,3)28-16(27)25-8-6-10(7-9-25)24-15(26)13-12(19)5-4-11(14(13)20)18(21,22)23/h4-5,10H,6-9H2,1-3H3,(H,24,26). The molecule has 0 bridgehead atoms. The van der Waals surface area contributed by atoms with Crippen LogP contribution >= 0.6 is 15.9 Å². The number of carbonyl (C=O) groups is 2. The number of ether oxygens (including phenoxy) is 1. The van der Waals surface area contributed by atoms with Crippen LogP contribution in [0.25, 0.3) is 0 Å². The molecule has 1 saturated heterocycles. The summed E-state index contributed by atoms with van der Waals surface area (Å²) in [5.41, 5.74) is -2.82. The summed E-state index contributed by atoms with van der Waals surface area (Å²) in [6, 6.07) is 1.17. The Morgan fingerprint density at radius 2 is 1.75 bits per heavy atom. The van der Waals surface area contributed by atoms with Gasteiger partial charge >= 0.3 is 12.3 Å². The molecule has 1 aliphatic heterocycles. The van der Waals surface area contributed by atoms with E-state index in [1.54, 1.807) is 20.8 Å². The molecule has 1 aromatic rings. The number of amides is 2. The van der Waals surface area contributed by atoms with Gasteiger partial charge in [0.05, 0.1) is 11.1 Å². The molecular formula is C18H21BrF4N2O3. The Morgan fingerprint density at radius 3 is 2.25 bits per heavy atom. The quantitative estimate of drug-likeness (QED) is 0.637. The molecule has 1 fully saturated rings. The Hall–Kier alpha value is -1.84. The van der Waals surface area contributed by atoms with E-state index in [1.165, 1.54) is 4.90 Å². The number of hydrogen-bond donors (Lipinski definition) is 1. The highest BCUT2D eigenvalue weighted by Gasteiger charge is 2.37. The SMILES string of the molecule is CC(C)(C)OC(=O)N1CCC(NC(=O)c2c(Br)ccc(C(F)(F)F)c2F)CC1. The van der Waals surface area contributed by atoms with Crippen molar-refractivity contribution in [3.63, 3.8) is 0 Å². The van der Waals surface area contributed by atoms with Crippen LogP contribution in [0.4, 0.5) is 22.4 Å². The molecule has 1 heterocycles. The van der Waals surface area contributed by atoms with E-state index < -0.39 is 46.8 Å². The highest BCUT2D eigenvalue weighted by Crippen LogP contribution is 2.35. The maximum absolute atomic E-state index is 14.3. The zero-order valence-electron chi connectivity index (χ0n) is 15.6. The molecule has 28 heavy (non-hydrogen) atoms. The summed E-state index contributed by atoms with van der Waals surface area (Å²) in [4.78, 5) is 25.9. The minimum Gasteiger partial charge on any atom is -0.444 e. The van der Waals surface area contributed by atoms with Crippen LogP contribution < -0.4 is 5.32 Å². The first-order valence-corrected chi connectivity index (χ1v) is 9.43. The zero-order valence-corrected chi connectivity index (χ0v) is 17.2. The molecule has 1 N–H and O–H groups in total. The normalized spacial score (nSPS) is 16.1. The fourth-order valence-electron chi connectivity index (χ4n) is 2.77. The summed E-state index contributed by atoms with van der Waals surface area (Å²) in [5.74, 6) is -2.56. The van der Waals surface area contributed by atoms with Crippen molar-refractivity contribution in [2.45, 2.75) is 51.4 Å². The van der Waals surface area contributed by atoms with Crippen molar-refractivity contribution in [2.24, 2.45) is 0 Å². The van der Waals surface area contributed by atoms with Gasteiger partial charge in [-0.15, -0.1) is 0 Å². The fraction of sp³-hybridized carbons (Fsp3) is 0.556. The number of alkyl halides is 3. The molecule has 2 rings (SSSR count). The smallest absolute Gasteiger partial charge is 0.419 e. The molecule has 0 aliphatic carbocycles. The van der Waals surface area contributed by atoms with Gasteiger partial charge in [0, 0.05) is 23.6 Å². The Morgan fingerprint density at radius 1 is 1.18 bits per heavy atom. The lowest BCUT2D eigenvalue weighted by Gasteiger charge is -2.33. The van der Waals surface area contributed by atoms with Gasteiger partial charge in [0.15, 0.2) is 0 Å². The molecule has 1 aliphatic rings. The van der Waals surface area contributed by atoms with E-state index in [0.717, 1.165) is 6.07 Å². The number of nitrogens with zero attached hydrogens (tertiary/aromatic N) is 1. The van der Waals surface area contributed by atoms with Crippen molar-refractivity contribution in [2.75, 3.05) is 13.1 Å². The van der Waals surface area contributed by atoms with E-state index >= 15 is 0 Å². The van der Waals surface area contributed by atoms with Crippen molar-refractivity contribution in [3.05, 3.63) is 33.5 Å². The summed E-state index contributed by atoms with van der Waals surface area (Å²) in [7, 11) is 0. The number of halogens is 5. The molecule has 0 aromatic heterocycles. The van der Waals surface area contributed by atoms with Crippen molar-refractivity contribution < 1.29 is 31.9 Å². The van der Waals surface area contributed by atoms with Crippen LogP contribution in [0.3, 0.4) is 0 Å². The van der Waals surface area contributed by atoms with Crippen LogP contribution in [0.1, 0.15) is 49.5 Å². The Labute approximate surface area is 168 Å². The minimum atomic E-state index is -4.90.